The summed E-state index contributed by atoms with van der Waals surface area (Å²) in [6.45, 7) is 2.71. The van der Waals surface area contributed by atoms with Crippen molar-refractivity contribution >= 4 is 26.0 Å². The van der Waals surface area contributed by atoms with Crippen LogP contribution in [0, 0.1) is 12.8 Å². The van der Waals surface area contributed by atoms with Crippen LogP contribution >= 0.6 is 0 Å². The van der Waals surface area contributed by atoms with Crippen molar-refractivity contribution in [1.29, 1.82) is 0 Å². The molecule has 0 saturated heterocycles. The number of nitrogens with one attached hydrogen (secondary N) is 1. The zero-order valence-electron chi connectivity index (χ0n) is 13.3. The molecule has 1 atom stereocenters. The van der Waals surface area contributed by atoms with E-state index in [-0.39, 0.29) is 21.9 Å². The number of nitrogens with zero attached hydrogens (tertiary/aromatic N) is 1. The van der Waals surface area contributed by atoms with Gasteiger partial charge >= 0.3 is 5.97 Å². The third kappa shape index (κ3) is 4.28. The summed E-state index contributed by atoms with van der Waals surface area (Å²) in [6, 6.07) is 3.65. The average Bonchev–Trinajstić information content (AvgIpc) is 2.46. The number of aryl methyl sites for hydroxylation is 1. The molecule has 2 N–H and O–H groups in total. The molecule has 0 aliphatic rings. The second kappa shape index (κ2) is 6.95. The highest BCUT2D eigenvalue weighted by Gasteiger charge is 2.26. The number of sulfonamides is 2. The predicted octanol–water partition coefficient (Wildman–Crippen LogP) is 0.244. The summed E-state index contributed by atoms with van der Waals surface area (Å²) < 4.78 is 51.6. The molecule has 8 nitrogen and oxygen atoms in total. The Morgan fingerprint density at radius 1 is 1.30 bits per heavy atom. The van der Waals surface area contributed by atoms with E-state index in [2.05, 4.69) is 4.72 Å². The van der Waals surface area contributed by atoms with Gasteiger partial charge in [0.1, 0.15) is 0 Å². The van der Waals surface area contributed by atoms with Crippen molar-refractivity contribution in [3.63, 3.8) is 0 Å². The van der Waals surface area contributed by atoms with Crippen LogP contribution in [-0.4, -0.2) is 52.9 Å². The van der Waals surface area contributed by atoms with Gasteiger partial charge in [0.25, 0.3) is 0 Å². The second-order valence-corrected chi connectivity index (χ2v) is 9.06. The van der Waals surface area contributed by atoms with Crippen LogP contribution in [0.4, 0.5) is 0 Å². The standard InChI is InChI=1S/C13H20N2O6S2/c1-9-7-11(5-6-12(9)22(18,19)14-3)23(20,21)15(4)8-10(2)13(16)17/h5-7,10,14H,8H2,1-4H3,(H,16,17). The molecule has 1 unspecified atom stereocenters. The van der Waals surface area contributed by atoms with Crippen LogP contribution in [0.3, 0.4) is 0 Å². The van der Waals surface area contributed by atoms with Crippen LogP contribution < -0.4 is 4.72 Å². The van der Waals surface area contributed by atoms with E-state index in [1.165, 1.54) is 46.1 Å². The van der Waals surface area contributed by atoms with Gasteiger partial charge in [0.15, 0.2) is 0 Å². The van der Waals surface area contributed by atoms with Crippen LogP contribution in [0.25, 0.3) is 0 Å². The number of benzene rings is 1. The molecule has 1 rings (SSSR count). The maximum absolute atomic E-state index is 12.4. The number of carboxylic acids is 1. The van der Waals surface area contributed by atoms with Gasteiger partial charge in [-0.1, -0.05) is 6.92 Å². The lowest BCUT2D eigenvalue weighted by atomic mass is 10.2. The van der Waals surface area contributed by atoms with Gasteiger partial charge in [-0.3, -0.25) is 4.79 Å². The number of hydrogen-bond acceptors (Lipinski definition) is 5. The topological polar surface area (TPSA) is 121 Å². The van der Waals surface area contributed by atoms with E-state index in [1.807, 2.05) is 0 Å². The van der Waals surface area contributed by atoms with Gasteiger partial charge in [-0.2, -0.15) is 0 Å². The Balaban J connectivity index is 3.21. The Labute approximate surface area is 136 Å². The van der Waals surface area contributed by atoms with Gasteiger partial charge in [-0.15, -0.1) is 0 Å². The molecule has 0 aliphatic heterocycles. The molecule has 0 aliphatic carbocycles. The molecular formula is C13H20N2O6S2. The summed E-state index contributed by atoms with van der Waals surface area (Å²) in [6.07, 6.45) is 0. The Bertz CT molecular complexity index is 802. The Morgan fingerprint density at radius 3 is 2.30 bits per heavy atom. The lowest BCUT2D eigenvalue weighted by Gasteiger charge is -2.20. The van der Waals surface area contributed by atoms with Crippen LogP contribution in [0.15, 0.2) is 28.0 Å². The maximum Gasteiger partial charge on any atom is 0.307 e. The lowest BCUT2D eigenvalue weighted by molar-refractivity contribution is -0.141. The first-order chi connectivity index (χ1) is 10.4. The summed E-state index contributed by atoms with van der Waals surface area (Å²) in [4.78, 5) is 10.7. The van der Waals surface area contributed by atoms with Crippen LogP contribution in [-0.2, 0) is 24.8 Å². The van der Waals surface area contributed by atoms with Gasteiger partial charge in [0.05, 0.1) is 15.7 Å². The number of hydrogen-bond donors (Lipinski definition) is 2. The fourth-order valence-electron chi connectivity index (χ4n) is 1.94. The molecular weight excluding hydrogens is 344 g/mol. The van der Waals surface area contributed by atoms with Crippen LogP contribution in [0.5, 0.6) is 0 Å². The molecule has 0 radical (unpaired) electrons. The summed E-state index contributed by atoms with van der Waals surface area (Å²) in [5, 5.41) is 8.87. The van der Waals surface area contributed by atoms with Crippen molar-refractivity contribution < 1.29 is 26.7 Å². The SMILES string of the molecule is CNS(=O)(=O)c1ccc(S(=O)(=O)N(C)CC(C)C(=O)O)cc1C. The largest absolute Gasteiger partial charge is 0.481 e. The number of carboxylic acid groups (broad SMARTS) is 1. The van der Waals surface area contributed by atoms with Crippen molar-refractivity contribution in [3.05, 3.63) is 23.8 Å². The van der Waals surface area contributed by atoms with E-state index in [0.29, 0.717) is 0 Å². The molecule has 0 heterocycles. The normalized spacial score (nSPS) is 14.0. The van der Waals surface area contributed by atoms with Crippen molar-refractivity contribution in [2.45, 2.75) is 23.6 Å². The fraction of sp³-hybridized carbons (Fsp3) is 0.462. The quantitative estimate of drug-likeness (QED) is 0.715. The smallest absolute Gasteiger partial charge is 0.307 e. The molecule has 10 heteroatoms. The van der Waals surface area contributed by atoms with Gasteiger partial charge < -0.3 is 5.11 Å². The maximum atomic E-state index is 12.4. The van der Waals surface area contributed by atoms with Crippen molar-refractivity contribution in [3.8, 4) is 0 Å². The number of carbonyl (C=O) groups is 1. The number of aliphatic carboxylic acids is 1. The molecule has 0 aromatic heterocycles. The summed E-state index contributed by atoms with van der Waals surface area (Å²) in [5.74, 6) is -1.96. The second-order valence-electron chi connectivity index (χ2n) is 5.16. The molecule has 0 bridgehead atoms. The van der Waals surface area contributed by atoms with Gasteiger partial charge in [-0.05, 0) is 37.7 Å². The van der Waals surface area contributed by atoms with Crippen LogP contribution in [0.1, 0.15) is 12.5 Å². The first-order valence-corrected chi connectivity index (χ1v) is 9.59. The molecule has 23 heavy (non-hydrogen) atoms. The van der Waals surface area contributed by atoms with E-state index in [0.717, 1.165) is 4.31 Å². The Morgan fingerprint density at radius 2 is 1.87 bits per heavy atom. The van der Waals surface area contributed by atoms with Crippen molar-refractivity contribution in [2.75, 3.05) is 20.6 Å². The van der Waals surface area contributed by atoms with Crippen LogP contribution in [0.2, 0.25) is 0 Å². The molecule has 0 saturated carbocycles. The zero-order chi connectivity index (χ0) is 18.0. The molecule has 0 amide bonds. The highest BCUT2D eigenvalue weighted by molar-refractivity contribution is 7.89. The third-order valence-electron chi connectivity index (χ3n) is 3.37. The van der Waals surface area contributed by atoms with Gasteiger partial charge in [0, 0.05) is 13.6 Å². The van der Waals surface area contributed by atoms with E-state index < -0.39 is 31.9 Å². The average molecular weight is 364 g/mol. The minimum atomic E-state index is -3.90. The Kier molecular flexibility index (Phi) is 5.91. The summed E-state index contributed by atoms with van der Waals surface area (Å²) in [7, 11) is -5.04. The van der Waals surface area contributed by atoms with Gasteiger partial charge in [-0.25, -0.2) is 25.9 Å². The number of rotatable bonds is 7. The highest BCUT2D eigenvalue weighted by atomic mass is 32.2. The third-order valence-corrected chi connectivity index (χ3v) is 6.76. The van der Waals surface area contributed by atoms with Gasteiger partial charge in [0.2, 0.25) is 20.0 Å². The summed E-state index contributed by atoms with van der Waals surface area (Å²) >= 11 is 0. The lowest BCUT2D eigenvalue weighted by Crippen LogP contribution is -2.33. The Hall–Kier alpha value is -1.49. The predicted molar refractivity (Wildman–Crippen MR) is 84.0 cm³/mol. The molecule has 0 fully saturated rings. The molecule has 1 aromatic rings. The first kappa shape index (κ1) is 19.6. The summed E-state index contributed by atoms with van der Waals surface area (Å²) in [5.41, 5.74) is 0.278. The highest BCUT2D eigenvalue weighted by Crippen LogP contribution is 2.22. The van der Waals surface area contributed by atoms with Crippen molar-refractivity contribution in [2.24, 2.45) is 5.92 Å². The van der Waals surface area contributed by atoms with E-state index in [4.69, 9.17) is 5.11 Å². The van der Waals surface area contributed by atoms with E-state index in [1.54, 1.807) is 0 Å². The van der Waals surface area contributed by atoms with E-state index in [9.17, 15) is 21.6 Å². The zero-order valence-corrected chi connectivity index (χ0v) is 14.9. The monoisotopic (exact) mass is 364 g/mol. The fourth-order valence-corrected chi connectivity index (χ4v) is 4.23. The first-order valence-electron chi connectivity index (χ1n) is 6.67. The molecule has 130 valence electrons. The van der Waals surface area contributed by atoms with Crippen molar-refractivity contribution in [1.82, 2.24) is 9.03 Å². The minimum absolute atomic E-state index is 0.0134. The molecule has 1 aromatic carbocycles. The molecule has 0 spiro atoms. The van der Waals surface area contributed by atoms with E-state index >= 15 is 0 Å². The minimum Gasteiger partial charge on any atom is -0.481 e.